The van der Waals surface area contributed by atoms with Gasteiger partial charge in [-0.2, -0.15) is 0 Å². The average molecular weight is 516 g/mol. The van der Waals surface area contributed by atoms with E-state index in [1.54, 1.807) is 7.05 Å². The Labute approximate surface area is 193 Å². The second-order valence-electron chi connectivity index (χ2n) is 7.17. The highest BCUT2D eigenvalue weighted by molar-refractivity contribution is 14.0. The number of likely N-dealkylation sites (tertiary alicyclic amines) is 1. The van der Waals surface area contributed by atoms with Crippen LogP contribution in [0.25, 0.3) is 0 Å². The van der Waals surface area contributed by atoms with Gasteiger partial charge in [0.15, 0.2) is 5.96 Å². The van der Waals surface area contributed by atoms with Gasteiger partial charge in [0.05, 0.1) is 12.5 Å². The van der Waals surface area contributed by atoms with Gasteiger partial charge in [-0.3, -0.25) is 14.7 Å². The van der Waals surface area contributed by atoms with E-state index in [0.717, 1.165) is 51.5 Å². The number of esters is 1. The summed E-state index contributed by atoms with van der Waals surface area (Å²) in [5.74, 6) is 0.695. The summed E-state index contributed by atoms with van der Waals surface area (Å²) in [5.41, 5.74) is 2.63. The number of halogens is 1. The highest BCUT2D eigenvalue weighted by atomic mass is 127. The van der Waals surface area contributed by atoms with Crippen molar-refractivity contribution in [2.24, 2.45) is 10.9 Å². The molecule has 1 N–H and O–H groups in total. The number of aliphatic imine (C=N–C) groups is 1. The van der Waals surface area contributed by atoms with Gasteiger partial charge in [0.2, 0.25) is 0 Å². The minimum Gasteiger partial charge on any atom is -0.466 e. The van der Waals surface area contributed by atoms with E-state index < -0.39 is 0 Å². The molecule has 1 atom stereocenters. The number of ether oxygens (including phenoxy) is 1. The molecule has 0 bridgehead atoms. The molecule has 0 radical (unpaired) electrons. The van der Waals surface area contributed by atoms with Crippen LogP contribution in [0.4, 0.5) is 0 Å². The number of hydrogen-bond acceptors (Lipinski definition) is 4. The number of rotatable bonds is 8. The normalized spacial score (nSPS) is 17.1. The van der Waals surface area contributed by atoms with Crippen LogP contribution in [0.15, 0.2) is 29.3 Å². The van der Waals surface area contributed by atoms with Crippen LogP contribution in [-0.2, 0) is 22.6 Å². The average Bonchev–Trinajstić information content (AvgIpc) is 2.73. The summed E-state index contributed by atoms with van der Waals surface area (Å²) in [4.78, 5) is 21.2. The van der Waals surface area contributed by atoms with Crippen molar-refractivity contribution in [1.82, 2.24) is 15.1 Å². The van der Waals surface area contributed by atoms with Crippen LogP contribution in [0, 0.1) is 5.92 Å². The van der Waals surface area contributed by atoms with Crippen molar-refractivity contribution in [3.8, 4) is 0 Å². The molecule has 1 aromatic carbocycles. The van der Waals surface area contributed by atoms with Gasteiger partial charge in [-0.05, 0) is 44.0 Å². The summed E-state index contributed by atoms with van der Waals surface area (Å²) >= 11 is 0. The lowest BCUT2D eigenvalue weighted by Gasteiger charge is -2.34. The summed E-state index contributed by atoms with van der Waals surface area (Å²) in [6, 6.07) is 8.57. The minimum absolute atomic E-state index is 0. The highest BCUT2D eigenvalue weighted by Crippen LogP contribution is 2.18. The molecule has 164 valence electrons. The van der Waals surface area contributed by atoms with Crippen LogP contribution < -0.4 is 5.32 Å². The predicted molar refractivity (Wildman–Crippen MR) is 130 cm³/mol. The van der Waals surface area contributed by atoms with Crippen LogP contribution in [0.2, 0.25) is 0 Å². The van der Waals surface area contributed by atoms with Crippen molar-refractivity contribution in [1.29, 1.82) is 0 Å². The van der Waals surface area contributed by atoms with E-state index in [-0.39, 0.29) is 35.9 Å². The first-order chi connectivity index (χ1) is 13.6. The molecule has 2 rings (SSSR count). The van der Waals surface area contributed by atoms with Gasteiger partial charge >= 0.3 is 5.97 Å². The standard InChI is InChI=1S/C22H36N4O2.HI/c1-5-25(6-2)16-19-12-9-8-11-18(19)15-24-22(23-4)26-14-10-13-20(17-26)21(27)28-7-3;/h8-9,11-12,20H,5-7,10,13-17H2,1-4H3,(H,23,24);1H. The van der Waals surface area contributed by atoms with Gasteiger partial charge in [0.25, 0.3) is 0 Å². The maximum absolute atomic E-state index is 12.1. The summed E-state index contributed by atoms with van der Waals surface area (Å²) in [6.07, 6.45) is 1.86. The molecule has 1 aliphatic rings. The maximum atomic E-state index is 12.1. The Hall–Kier alpha value is -1.35. The number of piperidine rings is 1. The molecule has 6 nitrogen and oxygen atoms in total. The van der Waals surface area contributed by atoms with Gasteiger partial charge in [-0.25, -0.2) is 0 Å². The van der Waals surface area contributed by atoms with Gasteiger partial charge in [0, 0.05) is 33.2 Å². The second kappa shape index (κ2) is 13.8. The number of nitrogens with one attached hydrogen (secondary N) is 1. The largest absolute Gasteiger partial charge is 0.466 e. The molecule has 0 saturated carbocycles. The third kappa shape index (κ3) is 7.77. The van der Waals surface area contributed by atoms with E-state index >= 15 is 0 Å². The third-order valence-corrected chi connectivity index (χ3v) is 5.40. The molecule has 1 aromatic rings. The van der Waals surface area contributed by atoms with Gasteiger partial charge in [-0.1, -0.05) is 38.1 Å². The van der Waals surface area contributed by atoms with Crippen molar-refractivity contribution in [3.05, 3.63) is 35.4 Å². The number of nitrogens with zero attached hydrogens (tertiary/aromatic N) is 3. The zero-order valence-electron chi connectivity index (χ0n) is 18.3. The van der Waals surface area contributed by atoms with Crippen LogP contribution in [0.3, 0.4) is 0 Å². The second-order valence-corrected chi connectivity index (χ2v) is 7.17. The first-order valence-electron chi connectivity index (χ1n) is 10.5. The Balaban J connectivity index is 0.00000420. The van der Waals surface area contributed by atoms with E-state index in [4.69, 9.17) is 4.74 Å². The van der Waals surface area contributed by atoms with Crippen LogP contribution in [-0.4, -0.2) is 61.6 Å². The van der Waals surface area contributed by atoms with E-state index in [9.17, 15) is 4.79 Å². The van der Waals surface area contributed by atoms with E-state index in [1.807, 2.05) is 6.92 Å². The van der Waals surface area contributed by atoms with E-state index in [0.29, 0.717) is 13.2 Å². The maximum Gasteiger partial charge on any atom is 0.310 e. The number of carbonyl (C=O) groups is 1. The molecule has 1 fully saturated rings. The molecule has 1 unspecified atom stereocenters. The minimum atomic E-state index is -0.0905. The molecule has 1 saturated heterocycles. The Bertz CT molecular complexity index is 649. The van der Waals surface area contributed by atoms with Crippen LogP contribution in [0.5, 0.6) is 0 Å². The zero-order chi connectivity index (χ0) is 20.4. The fraction of sp³-hybridized carbons (Fsp3) is 0.636. The van der Waals surface area contributed by atoms with Crippen molar-refractivity contribution in [2.75, 3.05) is 39.8 Å². The number of guanidine groups is 1. The summed E-state index contributed by atoms with van der Waals surface area (Å²) in [5, 5.41) is 3.50. The summed E-state index contributed by atoms with van der Waals surface area (Å²) in [7, 11) is 1.80. The smallest absolute Gasteiger partial charge is 0.310 e. The first kappa shape index (κ1) is 25.7. The van der Waals surface area contributed by atoms with E-state index in [1.165, 1.54) is 11.1 Å². The first-order valence-corrected chi connectivity index (χ1v) is 10.5. The molecule has 1 heterocycles. The van der Waals surface area contributed by atoms with Gasteiger partial charge in [-0.15, -0.1) is 24.0 Å². The fourth-order valence-corrected chi connectivity index (χ4v) is 3.70. The molecule has 1 aliphatic heterocycles. The third-order valence-electron chi connectivity index (χ3n) is 5.40. The highest BCUT2D eigenvalue weighted by Gasteiger charge is 2.28. The molecule has 0 spiro atoms. The Morgan fingerprint density at radius 3 is 2.55 bits per heavy atom. The van der Waals surface area contributed by atoms with Crippen molar-refractivity contribution in [2.45, 2.75) is 46.7 Å². The fourth-order valence-electron chi connectivity index (χ4n) is 3.70. The van der Waals surface area contributed by atoms with Gasteiger partial charge < -0.3 is 15.0 Å². The topological polar surface area (TPSA) is 57.2 Å². The predicted octanol–water partition coefficient (Wildman–Crippen LogP) is 3.50. The lowest BCUT2D eigenvalue weighted by atomic mass is 9.98. The van der Waals surface area contributed by atoms with Crippen LogP contribution >= 0.6 is 24.0 Å². The lowest BCUT2D eigenvalue weighted by Crippen LogP contribution is -2.48. The Morgan fingerprint density at radius 1 is 1.24 bits per heavy atom. The summed E-state index contributed by atoms with van der Waals surface area (Å²) in [6.45, 7) is 12.0. The zero-order valence-corrected chi connectivity index (χ0v) is 20.6. The molecule has 29 heavy (non-hydrogen) atoms. The molecule has 0 aromatic heterocycles. The van der Waals surface area contributed by atoms with E-state index in [2.05, 4.69) is 58.2 Å². The SMILES string of the molecule is CCOC(=O)C1CCCN(C(=NC)NCc2ccccc2CN(CC)CC)C1.I. The van der Waals surface area contributed by atoms with Crippen molar-refractivity contribution < 1.29 is 9.53 Å². The number of benzene rings is 1. The Kier molecular flexibility index (Phi) is 12.2. The monoisotopic (exact) mass is 516 g/mol. The number of carbonyl (C=O) groups excluding carboxylic acids is 1. The van der Waals surface area contributed by atoms with Gasteiger partial charge in [0.1, 0.15) is 0 Å². The summed E-state index contributed by atoms with van der Waals surface area (Å²) < 4.78 is 5.22. The number of hydrogen-bond donors (Lipinski definition) is 1. The lowest BCUT2D eigenvalue weighted by molar-refractivity contribution is -0.149. The van der Waals surface area contributed by atoms with Crippen LogP contribution in [0.1, 0.15) is 44.7 Å². The molecule has 0 aliphatic carbocycles. The Morgan fingerprint density at radius 2 is 1.93 bits per heavy atom. The molecular formula is C22H37IN4O2. The quantitative estimate of drug-likeness (QED) is 0.248. The molecule has 0 amide bonds. The molecule has 7 heteroatoms. The molecular weight excluding hydrogens is 479 g/mol. The van der Waals surface area contributed by atoms with Crippen molar-refractivity contribution in [3.63, 3.8) is 0 Å². The van der Waals surface area contributed by atoms with Crippen molar-refractivity contribution >= 4 is 35.9 Å².